The number of rotatable bonds is 5. The number of aromatic hydroxyl groups is 1. The number of nitrogens with zero attached hydrogens (tertiary/aromatic N) is 3. The molecular formula is C21H22N4O4. The number of hydrogen-bond donors (Lipinski definition) is 2. The third kappa shape index (κ3) is 3.06. The number of carbonyl (C=O) groups is 1. The van der Waals surface area contributed by atoms with Gasteiger partial charge in [-0.05, 0) is 41.8 Å². The molecule has 0 unspecified atom stereocenters. The van der Waals surface area contributed by atoms with Gasteiger partial charge in [0.05, 0.1) is 19.3 Å². The molecule has 0 aliphatic carbocycles. The second-order valence-electron chi connectivity index (χ2n) is 7.17. The van der Waals surface area contributed by atoms with Crippen LogP contribution in [0.25, 0.3) is 17.1 Å². The molecule has 1 amide bonds. The lowest BCUT2D eigenvalue weighted by Crippen LogP contribution is -2.18. The molecule has 0 fully saturated rings. The molecule has 0 atom stereocenters. The predicted molar refractivity (Wildman–Crippen MR) is 107 cm³/mol. The average Bonchev–Trinajstić information content (AvgIpc) is 3.36. The van der Waals surface area contributed by atoms with Crippen molar-refractivity contribution < 1.29 is 19.4 Å². The van der Waals surface area contributed by atoms with Gasteiger partial charge in [0.15, 0.2) is 5.82 Å². The van der Waals surface area contributed by atoms with Crippen molar-refractivity contribution in [3.63, 3.8) is 0 Å². The fraction of sp³-hybridized carbons (Fsp3) is 0.286. The number of carbonyl (C=O) groups excluding carboxylic acids is 1. The van der Waals surface area contributed by atoms with Crippen molar-refractivity contribution in [2.75, 3.05) is 13.7 Å². The summed E-state index contributed by atoms with van der Waals surface area (Å²) in [6, 6.07) is 8.92. The average molecular weight is 394 g/mol. The Morgan fingerprint density at radius 1 is 1.28 bits per heavy atom. The van der Waals surface area contributed by atoms with Crippen LogP contribution in [-0.2, 0) is 6.42 Å². The van der Waals surface area contributed by atoms with Crippen LogP contribution in [0.4, 0.5) is 0 Å². The van der Waals surface area contributed by atoms with Gasteiger partial charge >= 0.3 is 0 Å². The van der Waals surface area contributed by atoms with E-state index in [9.17, 15) is 9.90 Å². The second kappa shape index (κ2) is 7.12. The summed E-state index contributed by atoms with van der Waals surface area (Å²) in [5.41, 5.74) is 8.36. The highest BCUT2D eigenvalue weighted by molar-refractivity contribution is 5.91. The van der Waals surface area contributed by atoms with E-state index in [2.05, 4.69) is 24.0 Å². The maximum atomic E-state index is 12.0. The highest BCUT2D eigenvalue weighted by Crippen LogP contribution is 2.45. The summed E-state index contributed by atoms with van der Waals surface area (Å²) in [6.45, 7) is 4.63. The van der Waals surface area contributed by atoms with Crippen molar-refractivity contribution in [1.29, 1.82) is 0 Å². The maximum Gasteiger partial charge on any atom is 0.287 e. The van der Waals surface area contributed by atoms with Gasteiger partial charge in [0.2, 0.25) is 5.82 Å². The summed E-state index contributed by atoms with van der Waals surface area (Å²) >= 11 is 0. The number of amides is 1. The Hall–Kier alpha value is -3.55. The third-order valence-corrected chi connectivity index (χ3v) is 5.05. The topological polar surface area (TPSA) is 112 Å². The Morgan fingerprint density at radius 2 is 2.00 bits per heavy atom. The van der Waals surface area contributed by atoms with Crippen molar-refractivity contribution >= 4 is 5.91 Å². The summed E-state index contributed by atoms with van der Waals surface area (Å²) in [4.78, 5) is 12.0. The Morgan fingerprint density at radius 3 is 2.62 bits per heavy atom. The Balaban J connectivity index is 1.97. The van der Waals surface area contributed by atoms with E-state index in [1.54, 1.807) is 35.9 Å². The SMILES string of the molecule is COc1ccc(-n2c(C(N)=O)nnc2-c2cc(C(C)C)c3c(c2O)CCO3)cc1. The van der Waals surface area contributed by atoms with E-state index in [0.717, 1.165) is 16.9 Å². The van der Waals surface area contributed by atoms with Crippen LogP contribution < -0.4 is 15.2 Å². The minimum Gasteiger partial charge on any atom is -0.507 e. The van der Waals surface area contributed by atoms with Gasteiger partial charge in [-0.3, -0.25) is 9.36 Å². The standard InChI is InChI=1S/C21H22N4O4/c1-11(2)15-10-16(17(26)14-8-9-29-18(14)15)20-23-24-21(19(22)27)25(20)12-4-6-13(28-3)7-5-12/h4-7,10-11,26H,8-9H2,1-3H3,(H2,22,27). The summed E-state index contributed by atoms with van der Waals surface area (Å²) in [5.74, 6) is 1.25. The van der Waals surface area contributed by atoms with Crippen molar-refractivity contribution in [2.24, 2.45) is 5.73 Å². The molecule has 8 heteroatoms. The first-order valence-corrected chi connectivity index (χ1v) is 9.34. The number of primary amides is 1. The van der Waals surface area contributed by atoms with E-state index in [1.165, 1.54) is 0 Å². The monoisotopic (exact) mass is 394 g/mol. The molecule has 0 spiro atoms. The molecule has 0 saturated carbocycles. The molecule has 3 aromatic rings. The van der Waals surface area contributed by atoms with Crippen molar-refractivity contribution in [2.45, 2.75) is 26.2 Å². The Kier molecular flexibility index (Phi) is 4.62. The maximum absolute atomic E-state index is 12.0. The molecule has 2 aromatic carbocycles. The number of nitrogens with two attached hydrogens (primary N) is 1. The first-order chi connectivity index (χ1) is 13.9. The van der Waals surface area contributed by atoms with Gasteiger partial charge in [0.1, 0.15) is 17.2 Å². The Bertz CT molecular complexity index is 1090. The summed E-state index contributed by atoms with van der Waals surface area (Å²) in [6.07, 6.45) is 0.605. The van der Waals surface area contributed by atoms with Gasteiger partial charge in [0.25, 0.3) is 5.91 Å². The van der Waals surface area contributed by atoms with Crippen molar-refractivity contribution in [3.8, 4) is 34.3 Å². The minimum atomic E-state index is -0.715. The van der Waals surface area contributed by atoms with Crippen LogP contribution in [0.3, 0.4) is 0 Å². The summed E-state index contributed by atoms with van der Waals surface area (Å²) in [7, 11) is 1.58. The molecule has 0 radical (unpaired) electrons. The quantitative estimate of drug-likeness (QED) is 0.688. The number of methoxy groups -OCH3 is 1. The fourth-order valence-corrected chi connectivity index (χ4v) is 3.58. The van der Waals surface area contributed by atoms with E-state index in [4.69, 9.17) is 15.2 Å². The zero-order valence-electron chi connectivity index (χ0n) is 16.5. The largest absolute Gasteiger partial charge is 0.507 e. The van der Waals surface area contributed by atoms with Crippen LogP contribution in [0, 0.1) is 0 Å². The van der Waals surface area contributed by atoms with Crippen molar-refractivity contribution in [1.82, 2.24) is 14.8 Å². The number of aromatic nitrogens is 3. The molecule has 4 rings (SSSR count). The number of hydrogen-bond acceptors (Lipinski definition) is 6. The van der Waals surface area contributed by atoms with Gasteiger partial charge in [-0.25, -0.2) is 0 Å². The highest BCUT2D eigenvalue weighted by atomic mass is 16.5. The van der Waals surface area contributed by atoms with Crippen LogP contribution in [0.1, 0.15) is 41.5 Å². The number of phenols is 1. The van der Waals surface area contributed by atoms with Gasteiger partial charge < -0.3 is 20.3 Å². The lowest BCUT2D eigenvalue weighted by Gasteiger charge is -2.17. The van der Waals surface area contributed by atoms with E-state index in [1.807, 2.05) is 6.07 Å². The van der Waals surface area contributed by atoms with Crippen LogP contribution in [0.15, 0.2) is 30.3 Å². The lowest BCUT2D eigenvalue weighted by atomic mass is 9.94. The zero-order valence-corrected chi connectivity index (χ0v) is 16.5. The summed E-state index contributed by atoms with van der Waals surface area (Å²) in [5, 5.41) is 19.2. The van der Waals surface area contributed by atoms with E-state index < -0.39 is 5.91 Å². The number of benzene rings is 2. The van der Waals surface area contributed by atoms with E-state index in [0.29, 0.717) is 35.9 Å². The third-order valence-electron chi connectivity index (χ3n) is 5.05. The molecule has 1 aliphatic heterocycles. The molecule has 8 nitrogen and oxygen atoms in total. The molecule has 0 saturated heterocycles. The zero-order chi connectivity index (χ0) is 20.7. The Labute approximate surface area is 167 Å². The highest BCUT2D eigenvalue weighted by Gasteiger charge is 2.28. The van der Waals surface area contributed by atoms with Gasteiger partial charge in [0, 0.05) is 17.7 Å². The lowest BCUT2D eigenvalue weighted by molar-refractivity contribution is 0.0988. The number of fused-ring (bicyclic) bond motifs is 1. The number of ether oxygens (including phenoxy) is 2. The first-order valence-electron chi connectivity index (χ1n) is 9.34. The van der Waals surface area contributed by atoms with Gasteiger partial charge in [-0.2, -0.15) is 0 Å². The molecule has 0 bridgehead atoms. The van der Waals surface area contributed by atoms with Crippen LogP contribution in [-0.4, -0.2) is 39.5 Å². The normalized spacial score (nSPS) is 12.7. The van der Waals surface area contributed by atoms with E-state index >= 15 is 0 Å². The molecule has 1 aromatic heterocycles. The van der Waals surface area contributed by atoms with Crippen LogP contribution in [0.5, 0.6) is 17.2 Å². The first kappa shape index (κ1) is 18.8. The molecule has 150 valence electrons. The molecule has 29 heavy (non-hydrogen) atoms. The molecule has 2 heterocycles. The second-order valence-corrected chi connectivity index (χ2v) is 7.17. The minimum absolute atomic E-state index is 0.0209. The van der Waals surface area contributed by atoms with Crippen LogP contribution >= 0.6 is 0 Å². The molecule has 1 aliphatic rings. The van der Waals surface area contributed by atoms with Crippen LogP contribution in [0.2, 0.25) is 0 Å². The van der Waals surface area contributed by atoms with Gasteiger partial charge in [-0.15, -0.1) is 10.2 Å². The molecular weight excluding hydrogens is 372 g/mol. The van der Waals surface area contributed by atoms with E-state index in [-0.39, 0.29) is 17.5 Å². The van der Waals surface area contributed by atoms with Gasteiger partial charge in [-0.1, -0.05) is 13.8 Å². The smallest absolute Gasteiger partial charge is 0.287 e. The van der Waals surface area contributed by atoms with Crippen molar-refractivity contribution in [3.05, 3.63) is 47.3 Å². The fourth-order valence-electron chi connectivity index (χ4n) is 3.58. The predicted octanol–water partition coefficient (Wildman–Crippen LogP) is 2.81. The summed E-state index contributed by atoms with van der Waals surface area (Å²) < 4.78 is 12.5. The molecule has 3 N–H and O–H groups in total. The number of phenolic OH excluding ortho intramolecular Hbond substituents is 1.